The fraction of sp³-hybridized carbons (Fsp3) is 0.280. The van der Waals surface area contributed by atoms with E-state index in [0.29, 0.717) is 23.9 Å². The number of nitro benzene ring substituents is 1. The maximum atomic E-state index is 11.8. The van der Waals surface area contributed by atoms with Gasteiger partial charge in [-0.1, -0.05) is 18.2 Å². The van der Waals surface area contributed by atoms with Crippen LogP contribution in [0.3, 0.4) is 0 Å². The van der Waals surface area contributed by atoms with Crippen LogP contribution in [0.2, 0.25) is 0 Å². The summed E-state index contributed by atoms with van der Waals surface area (Å²) in [4.78, 5) is 22.5. The molecule has 4 aromatic rings. The van der Waals surface area contributed by atoms with E-state index in [9.17, 15) is 10.1 Å². The number of nitrogens with zero attached hydrogens (tertiary/aromatic N) is 5. The van der Waals surface area contributed by atoms with Crippen molar-refractivity contribution in [2.24, 2.45) is 7.05 Å². The molecule has 1 atom stereocenters. The lowest BCUT2D eigenvalue weighted by Gasteiger charge is -2.16. The number of methoxy groups -OCH3 is 1. The van der Waals surface area contributed by atoms with Crippen molar-refractivity contribution in [3.63, 3.8) is 0 Å². The van der Waals surface area contributed by atoms with Crippen LogP contribution in [0, 0.1) is 10.1 Å². The van der Waals surface area contributed by atoms with Gasteiger partial charge in [0, 0.05) is 61.1 Å². The molecule has 5 rings (SSSR count). The summed E-state index contributed by atoms with van der Waals surface area (Å²) in [6, 6.07) is 12.9. The second kappa shape index (κ2) is 9.22. The highest BCUT2D eigenvalue weighted by molar-refractivity contribution is 5.95. The first-order valence-electron chi connectivity index (χ1n) is 11.3. The minimum Gasteiger partial charge on any atom is -0.494 e. The van der Waals surface area contributed by atoms with E-state index in [4.69, 9.17) is 9.47 Å². The number of likely N-dealkylation sites (N-methyl/N-ethyl adjacent to an activating group) is 1. The summed E-state index contributed by atoms with van der Waals surface area (Å²) in [7, 11) is 5.49. The molecule has 1 aliphatic rings. The number of likely N-dealkylation sites (tertiary alicyclic amines) is 1. The lowest BCUT2D eigenvalue weighted by molar-refractivity contribution is -0.386. The summed E-state index contributed by atoms with van der Waals surface area (Å²) < 4.78 is 13.6. The molecule has 35 heavy (non-hydrogen) atoms. The third kappa shape index (κ3) is 4.47. The van der Waals surface area contributed by atoms with Gasteiger partial charge < -0.3 is 24.3 Å². The second-order valence-corrected chi connectivity index (χ2v) is 8.63. The number of aromatic nitrogens is 3. The molecule has 3 heterocycles. The number of aryl methyl sites for hydroxylation is 1. The monoisotopic (exact) mass is 474 g/mol. The number of fused-ring (bicyclic) bond motifs is 1. The van der Waals surface area contributed by atoms with Gasteiger partial charge in [0.2, 0.25) is 11.7 Å². The lowest BCUT2D eigenvalue weighted by Crippen LogP contribution is -2.21. The number of anilines is 2. The Morgan fingerprint density at radius 1 is 1.17 bits per heavy atom. The van der Waals surface area contributed by atoms with Gasteiger partial charge in [0.1, 0.15) is 11.9 Å². The zero-order valence-corrected chi connectivity index (χ0v) is 19.8. The smallest absolute Gasteiger partial charge is 0.313 e. The Morgan fingerprint density at radius 2 is 2.00 bits per heavy atom. The van der Waals surface area contributed by atoms with Crippen molar-refractivity contribution in [1.82, 2.24) is 19.4 Å². The molecular formula is C25H26N6O4. The summed E-state index contributed by atoms with van der Waals surface area (Å²) in [5, 5.41) is 16.0. The summed E-state index contributed by atoms with van der Waals surface area (Å²) in [5.41, 5.74) is 3.03. The first kappa shape index (κ1) is 22.6. The second-order valence-electron chi connectivity index (χ2n) is 8.63. The number of nitro groups is 1. The molecular weight excluding hydrogens is 448 g/mol. The van der Waals surface area contributed by atoms with Crippen molar-refractivity contribution in [1.29, 1.82) is 0 Å². The predicted molar refractivity (Wildman–Crippen MR) is 133 cm³/mol. The number of para-hydroxylation sites is 1. The molecule has 0 aliphatic carbocycles. The Balaban J connectivity index is 1.48. The van der Waals surface area contributed by atoms with Crippen LogP contribution in [-0.4, -0.2) is 57.7 Å². The maximum Gasteiger partial charge on any atom is 0.313 e. The quantitative estimate of drug-likeness (QED) is 0.311. The molecule has 2 aromatic carbocycles. The van der Waals surface area contributed by atoms with Gasteiger partial charge in [-0.2, -0.15) is 0 Å². The molecule has 0 bridgehead atoms. The Kier molecular flexibility index (Phi) is 5.96. The lowest BCUT2D eigenvalue weighted by atomic mass is 10.1. The first-order chi connectivity index (χ1) is 16.9. The molecule has 0 saturated carbocycles. The molecule has 1 saturated heterocycles. The molecule has 10 nitrogen and oxygen atoms in total. The average molecular weight is 475 g/mol. The molecule has 10 heteroatoms. The van der Waals surface area contributed by atoms with Crippen LogP contribution in [0.15, 0.2) is 54.9 Å². The van der Waals surface area contributed by atoms with Crippen LogP contribution in [0.5, 0.6) is 11.5 Å². The van der Waals surface area contributed by atoms with Crippen LogP contribution in [0.1, 0.15) is 6.42 Å². The van der Waals surface area contributed by atoms with Crippen LogP contribution in [0.25, 0.3) is 22.2 Å². The molecule has 2 aromatic heterocycles. The number of nitrogens with one attached hydrogen (secondary N) is 1. The zero-order chi connectivity index (χ0) is 24.5. The number of ether oxygens (including phenoxy) is 2. The summed E-state index contributed by atoms with van der Waals surface area (Å²) in [6.45, 7) is 1.61. The minimum absolute atomic E-state index is 0.108. The van der Waals surface area contributed by atoms with Gasteiger partial charge in [0.05, 0.1) is 23.4 Å². The highest BCUT2D eigenvalue weighted by Crippen LogP contribution is 2.40. The van der Waals surface area contributed by atoms with E-state index in [2.05, 4.69) is 26.3 Å². The van der Waals surface area contributed by atoms with E-state index in [1.165, 1.54) is 13.2 Å². The Hall–Kier alpha value is -4.18. The van der Waals surface area contributed by atoms with Gasteiger partial charge in [0.25, 0.3) is 0 Å². The average Bonchev–Trinajstić information content (AvgIpc) is 3.42. The number of rotatable bonds is 7. The summed E-state index contributed by atoms with van der Waals surface area (Å²) in [6.07, 6.45) is 4.38. The van der Waals surface area contributed by atoms with Crippen molar-refractivity contribution in [2.75, 3.05) is 32.6 Å². The molecule has 1 aliphatic heterocycles. The molecule has 0 radical (unpaired) electrons. The number of hydrogen-bond acceptors (Lipinski definition) is 8. The molecule has 0 spiro atoms. The fourth-order valence-electron chi connectivity index (χ4n) is 4.46. The van der Waals surface area contributed by atoms with Gasteiger partial charge in [0.15, 0.2) is 0 Å². The van der Waals surface area contributed by atoms with Crippen molar-refractivity contribution < 1.29 is 14.4 Å². The highest BCUT2D eigenvalue weighted by Gasteiger charge is 2.27. The van der Waals surface area contributed by atoms with E-state index in [1.54, 1.807) is 12.3 Å². The van der Waals surface area contributed by atoms with Gasteiger partial charge in [-0.3, -0.25) is 10.1 Å². The van der Waals surface area contributed by atoms with Crippen molar-refractivity contribution in [3.8, 4) is 22.8 Å². The molecule has 1 fully saturated rings. The molecule has 180 valence electrons. The third-order valence-corrected chi connectivity index (χ3v) is 6.19. The highest BCUT2D eigenvalue weighted by atomic mass is 16.6. The van der Waals surface area contributed by atoms with Crippen LogP contribution < -0.4 is 14.8 Å². The Bertz CT molecular complexity index is 1400. The fourth-order valence-corrected chi connectivity index (χ4v) is 4.46. The van der Waals surface area contributed by atoms with Crippen molar-refractivity contribution in [2.45, 2.75) is 12.5 Å². The zero-order valence-electron chi connectivity index (χ0n) is 19.8. The van der Waals surface area contributed by atoms with Crippen LogP contribution >= 0.6 is 0 Å². The maximum absolute atomic E-state index is 11.8. The van der Waals surface area contributed by atoms with E-state index in [1.807, 2.05) is 49.1 Å². The van der Waals surface area contributed by atoms with Gasteiger partial charge in [-0.15, -0.1) is 0 Å². The largest absolute Gasteiger partial charge is 0.494 e. The van der Waals surface area contributed by atoms with Crippen molar-refractivity contribution >= 4 is 28.2 Å². The summed E-state index contributed by atoms with van der Waals surface area (Å²) in [5.74, 6) is 0.883. The van der Waals surface area contributed by atoms with Crippen LogP contribution in [0.4, 0.5) is 17.3 Å². The predicted octanol–water partition coefficient (Wildman–Crippen LogP) is 4.38. The Morgan fingerprint density at radius 3 is 2.74 bits per heavy atom. The van der Waals surface area contributed by atoms with E-state index in [0.717, 1.165) is 35.1 Å². The normalized spacial score (nSPS) is 15.9. The van der Waals surface area contributed by atoms with Gasteiger partial charge in [-0.05, 0) is 25.6 Å². The van der Waals surface area contributed by atoms with E-state index >= 15 is 0 Å². The standard InChI is InChI=1S/C25H26N6O4/c1-29-11-9-16(14-29)35-24-13-23(34-3)20(12-22(24)31(32)33)28-25-26-10-8-19(27-25)18-15-30(2)21-7-5-4-6-17(18)21/h4-8,10,12-13,15-16H,9,11,14H2,1-3H3,(H,26,27,28). The molecule has 1 unspecified atom stereocenters. The van der Waals surface area contributed by atoms with E-state index in [-0.39, 0.29) is 17.5 Å². The minimum atomic E-state index is -0.452. The topological polar surface area (TPSA) is 108 Å². The molecule has 1 N–H and O–H groups in total. The van der Waals surface area contributed by atoms with E-state index < -0.39 is 4.92 Å². The van der Waals surface area contributed by atoms with Crippen molar-refractivity contribution in [3.05, 3.63) is 65.0 Å². The molecule has 0 amide bonds. The van der Waals surface area contributed by atoms with Gasteiger partial charge in [-0.25, -0.2) is 9.97 Å². The third-order valence-electron chi connectivity index (χ3n) is 6.19. The van der Waals surface area contributed by atoms with Gasteiger partial charge >= 0.3 is 5.69 Å². The Labute approximate surface area is 202 Å². The first-order valence-corrected chi connectivity index (χ1v) is 11.3. The summed E-state index contributed by atoms with van der Waals surface area (Å²) >= 11 is 0. The number of benzene rings is 2. The number of hydrogen-bond donors (Lipinski definition) is 1. The van der Waals surface area contributed by atoms with Crippen LogP contribution in [-0.2, 0) is 7.05 Å². The SMILES string of the molecule is COc1cc(OC2CCN(C)C2)c([N+](=O)[O-])cc1Nc1nccc(-c2cn(C)c3ccccc23)n1.